The van der Waals surface area contributed by atoms with Gasteiger partial charge in [0.1, 0.15) is 0 Å². The topological polar surface area (TPSA) is 84.3 Å². The molecule has 158 valence electrons. The minimum Gasteiger partial charge on any atom is -0.354 e. The summed E-state index contributed by atoms with van der Waals surface area (Å²) in [6.07, 6.45) is 0.172. The van der Waals surface area contributed by atoms with Crippen LogP contribution in [0, 0.1) is 5.92 Å². The van der Waals surface area contributed by atoms with Crippen molar-refractivity contribution in [3.63, 3.8) is 0 Å². The van der Waals surface area contributed by atoms with E-state index in [2.05, 4.69) is 10.4 Å². The van der Waals surface area contributed by atoms with E-state index in [0.717, 1.165) is 11.3 Å². The van der Waals surface area contributed by atoms with Gasteiger partial charge in [0.25, 0.3) is 5.56 Å². The molecule has 1 unspecified atom stereocenters. The number of benzene rings is 2. The van der Waals surface area contributed by atoms with E-state index in [9.17, 15) is 14.4 Å². The second-order valence-corrected chi connectivity index (χ2v) is 7.76. The zero-order valence-electron chi connectivity index (χ0n) is 16.7. The molecule has 0 saturated carbocycles. The molecule has 2 heterocycles. The number of carbonyl (C=O) groups is 2. The SMILES string of the molecule is O=C(NCCn1nc(-c2ccc(Cl)cc2)ccc1=O)C1CC(=O)N(c2ccccc2)C1. The lowest BCUT2D eigenvalue weighted by atomic mass is 10.1. The quantitative estimate of drug-likeness (QED) is 0.644. The predicted octanol–water partition coefficient (Wildman–Crippen LogP) is 2.73. The molecule has 0 bridgehead atoms. The summed E-state index contributed by atoms with van der Waals surface area (Å²) in [5.74, 6) is -0.689. The summed E-state index contributed by atoms with van der Waals surface area (Å²) in [6.45, 7) is 0.819. The molecule has 1 fully saturated rings. The largest absolute Gasteiger partial charge is 0.354 e. The van der Waals surface area contributed by atoms with Gasteiger partial charge >= 0.3 is 0 Å². The van der Waals surface area contributed by atoms with Crippen molar-refractivity contribution in [2.24, 2.45) is 5.92 Å². The van der Waals surface area contributed by atoms with Crippen LogP contribution in [0.1, 0.15) is 6.42 Å². The van der Waals surface area contributed by atoms with Gasteiger partial charge in [0.05, 0.1) is 18.2 Å². The van der Waals surface area contributed by atoms with Crippen LogP contribution < -0.4 is 15.8 Å². The summed E-state index contributed by atoms with van der Waals surface area (Å²) < 4.78 is 1.32. The van der Waals surface area contributed by atoms with Gasteiger partial charge in [0.15, 0.2) is 0 Å². The third kappa shape index (κ3) is 4.83. The molecule has 2 aromatic carbocycles. The van der Waals surface area contributed by atoms with Gasteiger partial charge in [0.2, 0.25) is 11.8 Å². The Labute approximate surface area is 184 Å². The van der Waals surface area contributed by atoms with E-state index in [1.54, 1.807) is 23.1 Å². The third-order valence-corrected chi connectivity index (χ3v) is 5.45. The Morgan fingerprint density at radius 2 is 1.77 bits per heavy atom. The highest BCUT2D eigenvalue weighted by molar-refractivity contribution is 6.30. The molecular weight excluding hydrogens is 416 g/mol. The molecule has 1 aliphatic heterocycles. The molecule has 0 radical (unpaired) electrons. The van der Waals surface area contributed by atoms with E-state index in [4.69, 9.17) is 11.6 Å². The smallest absolute Gasteiger partial charge is 0.266 e. The van der Waals surface area contributed by atoms with Crippen LogP contribution in [0.4, 0.5) is 5.69 Å². The van der Waals surface area contributed by atoms with Crippen LogP contribution in [0.3, 0.4) is 0 Å². The highest BCUT2D eigenvalue weighted by atomic mass is 35.5. The second kappa shape index (κ2) is 9.14. The minimum atomic E-state index is -0.419. The molecule has 7 nitrogen and oxygen atoms in total. The van der Waals surface area contributed by atoms with E-state index in [1.807, 2.05) is 42.5 Å². The van der Waals surface area contributed by atoms with E-state index >= 15 is 0 Å². The first-order valence-corrected chi connectivity index (χ1v) is 10.4. The Bertz CT molecular complexity index is 1150. The van der Waals surface area contributed by atoms with Crippen LogP contribution >= 0.6 is 11.6 Å². The molecule has 1 saturated heterocycles. The first-order chi connectivity index (χ1) is 15.0. The van der Waals surface area contributed by atoms with Crippen molar-refractivity contribution in [3.8, 4) is 11.3 Å². The minimum absolute atomic E-state index is 0.0695. The van der Waals surface area contributed by atoms with Crippen LogP contribution in [-0.4, -0.2) is 34.7 Å². The number of hydrogen-bond acceptors (Lipinski definition) is 4. The molecule has 3 aromatic rings. The molecule has 31 heavy (non-hydrogen) atoms. The molecule has 0 spiro atoms. The van der Waals surface area contributed by atoms with Gasteiger partial charge in [-0.2, -0.15) is 5.10 Å². The summed E-state index contributed by atoms with van der Waals surface area (Å²) in [5, 5.41) is 7.82. The van der Waals surface area contributed by atoms with Gasteiger partial charge in [-0.15, -0.1) is 0 Å². The van der Waals surface area contributed by atoms with Crippen molar-refractivity contribution < 1.29 is 9.59 Å². The lowest BCUT2D eigenvalue weighted by Crippen LogP contribution is -2.36. The molecular formula is C23H21ClN4O3. The highest BCUT2D eigenvalue weighted by Gasteiger charge is 2.34. The number of hydrogen-bond donors (Lipinski definition) is 1. The summed E-state index contributed by atoms with van der Waals surface area (Å²) in [4.78, 5) is 38.6. The van der Waals surface area contributed by atoms with Crippen molar-refractivity contribution in [2.45, 2.75) is 13.0 Å². The number of para-hydroxylation sites is 1. The lowest BCUT2D eigenvalue weighted by molar-refractivity contribution is -0.126. The molecule has 8 heteroatoms. The van der Waals surface area contributed by atoms with Crippen LogP contribution in [0.25, 0.3) is 11.3 Å². The second-order valence-electron chi connectivity index (χ2n) is 7.32. The number of nitrogens with zero attached hydrogens (tertiary/aromatic N) is 3. The lowest BCUT2D eigenvalue weighted by Gasteiger charge is -2.16. The molecule has 1 aromatic heterocycles. The first-order valence-electron chi connectivity index (χ1n) is 9.98. The molecule has 1 N–H and O–H groups in total. The van der Waals surface area contributed by atoms with Crippen LogP contribution in [-0.2, 0) is 16.1 Å². The van der Waals surface area contributed by atoms with Crippen molar-refractivity contribution >= 4 is 29.1 Å². The average Bonchev–Trinajstić information content (AvgIpc) is 3.18. The third-order valence-electron chi connectivity index (χ3n) is 5.19. The number of nitrogens with one attached hydrogen (secondary N) is 1. The standard InChI is InChI=1S/C23H21ClN4O3/c24-18-8-6-16(7-9-18)20-10-11-21(29)28(26-20)13-12-25-23(31)17-14-22(30)27(15-17)19-4-2-1-3-5-19/h1-11,17H,12-15H2,(H,25,31). The summed E-state index contributed by atoms with van der Waals surface area (Å²) >= 11 is 5.92. The maximum atomic E-state index is 12.6. The summed E-state index contributed by atoms with van der Waals surface area (Å²) in [6, 6.07) is 19.6. The summed E-state index contributed by atoms with van der Waals surface area (Å²) in [5.41, 5.74) is 2.02. The van der Waals surface area contributed by atoms with Gasteiger partial charge < -0.3 is 10.2 Å². The normalized spacial score (nSPS) is 15.8. The van der Waals surface area contributed by atoms with E-state index < -0.39 is 5.92 Å². The van der Waals surface area contributed by atoms with Crippen LogP contribution in [0.15, 0.2) is 71.5 Å². The molecule has 1 atom stereocenters. The number of aromatic nitrogens is 2. The van der Waals surface area contributed by atoms with Crippen LogP contribution in [0.2, 0.25) is 5.02 Å². The van der Waals surface area contributed by atoms with Crippen LogP contribution in [0.5, 0.6) is 0 Å². The van der Waals surface area contributed by atoms with Crippen molar-refractivity contribution in [2.75, 3.05) is 18.0 Å². The Morgan fingerprint density at radius 1 is 1.03 bits per heavy atom. The fourth-order valence-electron chi connectivity index (χ4n) is 3.55. The Hall–Kier alpha value is -3.45. The number of halogens is 1. The van der Waals surface area contributed by atoms with E-state index in [-0.39, 0.29) is 36.9 Å². The highest BCUT2D eigenvalue weighted by Crippen LogP contribution is 2.24. The molecule has 4 rings (SSSR count). The number of carbonyl (C=O) groups excluding carboxylic acids is 2. The van der Waals surface area contributed by atoms with Crippen molar-refractivity contribution in [1.82, 2.24) is 15.1 Å². The fourth-order valence-corrected chi connectivity index (χ4v) is 3.68. The monoisotopic (exact) mass is 436 g/mol. The molecule has 1 aliphatic rings. The van der Waals surface area contributed by atoms with Gasteiger partial charge in [-0.3, -0.25) is 14.4 Å². The first kappa shape index (κ1) is 20.8. The maximum Gasteiger partial charge on any atom is 0.266 e. The van der Waals surface area contributed by atoms with Gasteiger partial charge in [-0.1, -0.05) is 41.9 Å². The van der Waals surface area contributed by atoms with Crippen molar-refractivity contribution in [3.05, 3.63) is 82.1 Å². The predicted molar refractivity (Wildman–Crippen MR) is 119 cm³/mol. The Kier molecular flexibility index (Phi) is 6.13. The molecule has 0 aliphatic carbocycles. The zero-order chi connectivity index (χ0) is 21.8. The van der Waals surface area contributed by atoms with E-state index in [0.29, 0.717) is 17.3 Å². The van der Waals surface area contributed by atoms with Gasteiger partial charge in [0, 0.05) is 41.9 Å². The summed E-state index contributed by atoms with van der Waals surface area (Å²) in [7, 11) is 0. The Morgan fingerprint density at radius 3 is 2.52 bits per heavy atom. The number of amides is 2. The zero-order valence-corrected chi connectivity index (χ0v) is 17.5. The van der Waals surface area contributed by atoms with Crippen molar-refractivity contribution in [1.29, 1.82) is 0 Å². The molecule has 2 amide bonds. The average molecular weight is 437 g/mol. The van der Waals surface area contributed by atoms with Gasteiger partial charge in [-0.25, -0.2) is 4.68 Å². The maximum absolute atomic E-state index is 12.6. The van der Waals surface area contributed by atoms with E-state index in [1.165, 1.54) is 10.7 Å². The number of rotatable bonds is 6. The Balaban J connectivity index is 1.36. The number of anilines is 1. The fraction of sp³-hybridized carbons (Fsp3) is 0.217. The van der Waals surface area contributed by atoms with Gasteiger partial charge in [-0.05, 0) is 30.3 Å².